The Balaban J connectivity index is 0.000000231. The molecule has 0 bridgehead atoms. The number of hydrogen-bond acceptors (Lipinski definition) is 3. The summed E-state index contributed by atoms with van der Waals surface area (Å²) < 4.78 is 0. The average Bonchev–Trinajstić information content (AvgIpc) is 2.73. The molecule has 1 atom stereocenters. The third-order valence-corrected chi connectivity index (χ3v) is 5.11. The highest BCUT2D eigenvalue weighted by molar-refractivity contribution is 5.78. The Morgan fingerprint density at radius 3 is 2.17 bits per heavy atom. The van der Waals surface area contributed by atoms with E-state index in [0.717, 1.165) is 38.9 Å². The van der Waals surface area contributed by atoms with Gasteiger partial charge in [0, 0.05) is 43.4 Å². The highest BCUT2D eigenvalue weighted by Gasteiger charge is 2.29. The van der Waals surface area contributed by atoms with E-state index in [1.165, 1.54) is 19.4 Å². The Morgan fingerprint density at radius 1 is 1.00 bits per heavy atom. The molecule has 2 heterocycles. The summed E-state index contributed by atoms with van der Waals surface area (Å²) >= 11 is 0. The predicted octanol–water partition coefficient (Wildman–Crippen LogP) is 3.58. The molecule has 0 amide bonds. The van der Waals surface area contributed by atoms with Crippen molar-refractivity contribution in [2.24, 2.45) is 5.41 Å². The van der Waals surface area contributed by atoms with Gasteiger partial charge in [0.1, 0.15) is 5.78 Å². The van der Waals surface area contributed by atoms with Gasteiger partial charge in [-0.1, -0.05) is 5.92 Å². The summed E-state index contributed by atoms with van der Waals surface area (Å²) in [6, 6.07) is 1.24. The van der Waals surface area contributed by atoms with Crippen LogP contribution in [0.5, 0.6) is 0 Å². The van der Waals surface area contributed by atoms with E-state index >= 15 is 0 Å². The number of carbonyl (C=O) groups excluding carboxylic acids is 1. The monoisotopic (exact) mass is 320 g/mol. The maximum atomic E-state index is 11.0. The zero-order valence-electron chi connectivity index (χ0n) is 15.9. The van der Waals surface area contributed by atoms with Crippen molar-refractivity contribution in [2.45, 2.75) is 78.8 Å². The lowest BCUT2D eigenvalue weighted by Crippen LogP contribution is -2.44. The first-order chi connectivity index (χ1) is 10.8. The Bertz CT molecular complexity index is 410. The van der Waals surface area contributed by atoms with Crippen LogP contribution in [0.2, 0.25) is 0 Å². The first-order valence-corrected chi connectivity index (χ1v) is 9.25. The number of terminal acetylenes is 1. The van der Waals surface area contributed by atoms with Crippen molar-refractivity contribution >= 4 is 5.78 Å². The van der Waals surface area contributed by atoms with E-state index in [2.05, 4.69) is 50.3 Å². The van der Waals surface area contributed by atoms with E-state index < -0.39 is 0 Å². The normalized spacial score (nSPS) is 27.3. The fourth-order valence-electron chi connectivity index (χ4n) is 3.34. The Labute approximate surface area is 143 Å². The second-order valence-electron chi connectivity index (χ2n) is 7.89. The molecule has 2 rings (SSSR count). The summed E-state index contributed by atoms with van der Waals surface area (Å²) in [5.41, 5.74) is 0.127. The molecule has 132 valence electrons. The molecule has 2 aliphatic rings. The van der Waals surface area contributed by atoms with Crippen LogP contribution in [0.3, 0.4) is 0 Å². The molecular formula is C20H36N2O. The second kappa shape index (κ2) is 9.45. The molecule has 1 unspecified atom stereocenters. The van der Waals surface area contributed by atoms with Crippen molar-refractivity contribution in [3.8, 4) is 12.3 Å². The third-order valence-electron chi connectivity index (χ3n) is 5.11. The number of rotatable bonds is 2. The lowest BCUT2D eigenvalue weighted by molar-refractivity contribution is -0.118. The van der Waals surface area contributed by atoms with Crippen molar-refractivity contribution in [3.63, 3.8) is 0 Å². The lowest BCUT2D eigenvalue weighted by Gasteiger charge is -2.39. The van der Waals surface area contributed by atoms with E-state index in [0.29, 0.717) is 17.9 Å². The maximum absolute atomic E-state index is 11.0. The van der Waals surface area contributed by atoms with E-state index in [4.69, 9.17) is 6.42 Å². The molecule has 2 fully saturated rings. The topological polar surface area (TPSA) is 23.6 Å². The van der Waals surface area contributed by atoms with Crippen molar-refractivity contribution in [3.05, 3.63) is 0 Å². The van der Waals surface area contributed by atoms with Crippen molar-refractivity contribution < 1.29 is 4.79 Å². The van der Waals surface area contributed by atoms with E-state index in [1.54, 1.807) is 0 Å². The minimum Gasteiger partial charge on any atom is -0.300 e. The van der Waals surface area contributed by atoms with Gasteiger partial charge in [0.15, 0.2) is 0 Å². The van der Waals surface area contributed by atoms with Crippen LogP contribution >= 0.6 is 0 Å². The number of carbonyl (C=O) groups is 1. The van der Waals surface area contributed by atoms with Gasteiger partial charge in [-0.3, -0.25) is 9.69 Å². The molecule has 0 saturated carbocycles. The summed E-state index contributed by atoms with van der Waals surface area (Å²) in [5.74, 6) is 3.36. The van der Waals surface area contributed by atoms with Crippen LogP contribution in [0.15, 0.2) is 0 Å². The molecule has 0 aromatic carbocycles. The zero-order chi connectivity index (χ0) is 17.5. The molecular weight excluding hydrogens is 284 g/mol. The summed E-state index contributed by atoms with van der Waals surface area (Å²) in [5, 5.41) is 0. The number of piperidine rings is 1. The van der Waals surface area contributed by atoms with Gasteiger partial charge in [0.25, 0.3) is 0 Å². The van der Waals surface area contributed by atoms with Crippen molar-refractivity contribution in [1.82, 2.24) is 9.80 Å². The highest BCUT2D eigenvalue weighted by atomic mass is 16.1. The average molecular weight is 321 g/mol. The van der Waals surface area contributed by atoms with Gasteiger partial charge in [-0.05, 0) is 67.0 Å². The molecule has 0 spiro atoms. The Kier molecular flexibility index (Phi) is 8.29. The van der Waals surface area contributed by atoms with Crippen LogP contribution < -0.4 is 0 Å². The molecule has 2 saturated heterocycles. The molecule has 3 heteroatoms. The van der Waals surface area contributed by atoms with Gasteiger partial charge in [-0.2, -0.15) is 0 Å². The standard InChI is InChI=1S/C11H19N.C9H17NO/c1-5-11(4)7-6-8-12(9-11)10(2)3;1-8(2)10-6-3-4-9(11)5-7-10/h1,10H,6-9H2,2-4H3;8H,3-7H2,1-2H3. The van der Waals surface area contributed by atoms with Crippen LogP contribution in [-0.4, -0.2) is 53.8 Å². The van der Waals surface area contributed by atoms with E-state index in [1.807, 2.05) is 0 Å². The summed E-state index contributed by atoms with van der Waals surface area (Å²) in [6.07, 6.45) is 10.6. The molecule has 0 aromatic rings. The summed E-state index contributed by atoms with van der Waals surface area (Å²) in [4.78, 5) is 15.9. The van der Waals surface area contributed by atoms with E-state index in [-0.39, 0.29) is 5.41 Å². The smallest absolute Gasteiger partial charge is 0.134 e. The van der Waals surface area contributed by atoms with Crippen molar-refractivity contribution in [2.75, 3.05) is 26.2 Å². The van der Waals surface area contributed by atoms with Gasteiger partial charge in [-0.15, -0.1) is 6.42 Å². The first-order valence-electron chi connectivity index (χ1n) is 9.25. The molecule has 0 N–H and O–H groups in total. The molecule has 23 heavy (non-hydrogen) atoms. The number of likely N-dealkylation sites (tertiary alicyclic amines) is 2. The molecule has 0 aliphatic carbocycles. The van der Waals surface area contributed by atoms with Crippen LogP contribution in [0, 0.1) is 17.8 Å². The first kappa shape index (κ1) is 20.2. The fraction of sp³-hybridized carbons (Fsp3) is 0.850. The maximum Gasteiger partial charge on any atom is 0.134 e. The quantitative estimate of drug-likeness (QED) is 0.727. The molecule has 3 nitrogen and oxygen atoms in total. The highest BCUT2D eigenvalue weighted by Crippen LogP contribution is 2.29. The van der Waals surface area contributed by atoms with Gasteiger partial charge >= 0.3 is 0 Å². The van der Waals surface area contributed by atoms with Crippen molar-refractivity contribution in [1.29, 1.82) is 0 Å². The van der Waals surface area contributed by atoms with Crippen LogP contribution in [0.4, 0.5) is 0 Å². The van der Waals surface area contributed by atoms with E-state index in [9.17, 15) is 4.79 Å². The summed E-state index contributed by atoms with van der Waals surface area (Å²) in [7, 11) is 0. The fourth-order valence-corrected chi connectivity index (χ4v) is 3.34. The molecule has 2 aliphatic heterocycles. The number of Topliss-reactive ketones (excluding diaryl/α,β-unsaturated/α-hetero) is 1. The molecule has 0 aromatic heterocycles. The largest absolute Gasteiger partial charge is 0.300 e. The predicted molar refractivity (Wildman–Crippen MR) is 98.5 cm³/mol. The summed E-state index contributed by atoms with van der Waals surface area (Å²) in [6.45, 7) is 15.4. The van der Waals surface area contributed by atoms with Crippen LogP contribution in [-0.2, 0) is 4.79 Å². The minimum atomic E-state index is 0.127. The zero-order valence-corrected chi connectivity index (χ0v) is 15.9. The minimum absolute atomic E-state index is 0.127. The molecule has 0 radical (unpaired) electrons. The van der Waals surface area contributed by atoms with Gasteiger partial charge in [0.05, 0.1) is 0 Å². The Morgan fingerprint density at radius 2 is 1.61 bits per heavy atom. The van der Waals surface area contributed by atoms with Gasteiger partial charge in [0.2, 0.25) is 0 Å². The Hall–Kier alpha value is -0.850. The number of ketones is 1. The lowest BCUT2D eigenvalue weighted by atomic mass is 9.82. The van der Waals surface area contributed by atoms with Crippen LogP contribution in [0.25, 0.3) is 0 Å². The van der Waals surface area contributed by atoms with Crippen LogP contribution in [0.1, 0.15) is 66.7 Å². The number of nitrogens with zero attached hydrogens (tertiary/aromatic N) is 2. The third kappa shape index (κ3) is 7.06. The second-order valence-corrected chi connectivity index (χ2v) is 7.89. The van der Waals surface area contributed by atoms with Gasteiger partial charge in [-0.25, -0.2) is 0 Å². The number of hydrogen-bond donors (Lipinski definition) is 0. The SMILES string of the molecule is C#CC1(C)CCCN(C(C)C)C1.CC(C)N1CCCC(=O)CC1. The van der Waals surface area contributed by atoms with Gasteiger partial charge < -0.3 is 4.90 Å².